The summed E-state index contributed by atoms with van der Waals surface area (Å²) < 4.78 is 35.1. The number of nitrogens with two attached hydrogens (primary N) is 1. The summed E-state index contributed by atoms with van der Waals surface area (Å²) in [6.07, 6.45) is 2.79. The summed E-state index contributed by atoms with van der Waals surface area (Å²) in [5.74, 6) is -2.48. The van der Waals surface area contributed by atoms with E-state index in [4.69, 9.17) is 10.5 Å². The molecule has 5 nitrogen and oxygen atoms in total. The molecule has 1 amide bonds. The minimum absolute atomic E-state index is 0.0351. The molecule has 0 bridgehead atoms. The van der Waals surface area contributed by atoms with Gasteiger partial charge in [0, 0.05) is 23.4 Å². The van der Waals surface area contributed by atoms with E-state index < -0.39 is 29.5 Å². The first-order valence-corrected chi connectivity index (χ1v) is 10.6. The van der Waals surface area contributed by atoms with Gasteiger partial charge in [-0.15, -0.1) is 0 Å². The highest BCUT2D eigenvalue weighted by atomic mass is 19.1. The maximum atomic E-state index is 15.0. The lowest BCUT2D eigenvalue weighted by molar-refractivity contribution is -0.117. The zero-order chi connectivity index (χ0) is 24.1. The molecular weight excluding hydrogens is 436 g/mol. The molecule has 0 aliphatic heterocycles. The largest absolute Gasteiger partial charge is 0.494 e. The van der Waals surface area contributed by atoms with Crippen molar-refractivity contribution in [1.82, 2.24) is 4.98 Å². The van der Waals surface area contributed by atoms with E-state index >= 15 is 0 Å². The van der Waals surface area contributed by atoms with E-state index in [2.05, 4.69) is 10.3 Å². The lowest BCUT2D eigenvalue weighted by Crippen LogP contribution is -2.41. The lowest BCUT2D eigenvalue weighted by atomic mass is 9.85. The number of nitrogens with one attached hydrogen (secondary N) is 1. The van der Waals surface area contributed by atoms with Crippen molar-refractivity contribution >= 4 is 11.6 Å². The first-order valence-electron chi connectivity index (χ1n) is 10.6. The Balaban J connectivity index is 1.63. The van der Waals surface area contributed by atoms with Gasteiger partial charge in [0.25, 0.3) is 0 Å². The molecule has 0 spiro atoms. The topological polar surface area (TPSA) is 77.2 Å². The van der Waals surface area contributed by atoms with E-state index in [0.717, 1.165) is 23.3 Å². The Bertz CT molecular complexity index is 1220. The number of rotatable bonds is 7. The fourth-order valence-electron chi connectivity index (χ4n) is 3.96. The van der Waals surface area contributed by atoms with Gasteiger partial charge in [-0.2, -0.15) is 0 Å². The van der Waals surface area contributed by atoms with Crippen LogP contribution in [0.1, 0.15) is 17.0 Å². The molecule has 0 unspecified atom stereocenters. The predicted molar refractivity (Wildman–Crippen MR) is 127 cm³/mol. The van der Waals surface area contributed by atoms with Gasteiger partial charge >= 0.3 is 0 Å². The first-order chi connectivity index (χ1) is 16.5. The fraction of sp³-hybridized carbons (Fsp3) is 0.111. The SMILES string of the molecule is COc1cnccc1-c1c(F)cc(NC(=O)[C@@H](N)C(c2ccccc2)c2ccccc2)cc1F. The maximum Gasteiger partial charge on any atom is 0.242 e. The Morgan fingerprint density at radius 1 is 0.941 bits per heavy atom. The van der Waals surface area contributed by atoms with Crippen molar-refractivity contribution < 1.29 is 18.3 Å². The van der Waals surface area contributed by atoms with Gasteiger partial charge in [-0.05, 0) is 29.3 Å². The minimum Gasteiger partial charge on any atom is -0.494 e. The van der Waals surface area contributed by atoms with Crippen LogP contribution in [-0.4, -0.2) is 24.0 Å². The second-order valence-corrected chi connectivity index (χ2v) is 7.70. The third-order valence-electron chi connectivity index (χ3n) is 5.56. The molecule has 4 aromatic rings. The summed E-state index contributed by atoms with van der Waals surface area (Å²) in [7, 11) is 1.39. The number of methoxy groups -OCH3 is 1. The number of amides is 1. The highest BCUT2D eigenvalue weighted by Gasteiger charge is 2.28. The lowest BCUT2D eigenvalue weighted by Gasteiger charge is -2.24. The predicted octanol–water partition coefficient (Wildman–Crippen LogP) is 5.13. The molecule has 0 fully saturated rings. The molecule has 1 atom stereocenters. The zero-order valence-electron chi connectivity index (χ0n) is 18.4. The van der Waals surface area contributed by atoms with Gasteiger partial charge in [-0.3, -0.25) is 9.78 Å². The van der Waals surface area contributed by atoms with Crippen molar-refractivity contribution in [3.8, 4) is 16.9 Å². The number of hydrogen-bond acceptors (Lipinski definition) is 4. The average Bonchev–Trinajstić information content (AvgIpc) is 2.85. The molecule has 3 N–H and O–H groups in total. The molecule has 0 saturated carbocycles. The Morgan fingerprint density at radius 3 is 2.03 bits per heavy atom. The fourth-order valence-corrected chi connectivity index (χ4v) is 3.96. The number of nitrogens with zero attached hydrogens (tertiary/aromatic N) is 1. The van der Waals surface area contributed by atoms with Gasteiger partial charge in [-0.1, -0.05) is 60.7 Å². The normalized spacial score (nSPS) is 11.8. The van der Waals surface area contributed by atoms with Gasteiger partial charge in [0.2, 0.25) is 5.91 Å². The van der Waals surface area contributed by atoms with Crippen molar-refractivity contribution in [1.29, 1.82) is 0 Å². The van der Waals surface area contributed by atoms with Crippen LogP contribution in [0.4, 0.5) is 14.5 Å². The first kappa shape index (κ1) is 23.1. The number of carbonyl (C=O) groups excluding carboxylic acids is 1. The van der Waals surface area contributed by atoms with Crippen LogP contribution in [0.2, 0.25) is 0 Å². The number of ether oxygens (including phenoxy) is 1. The van der Waals surface area contributed by atoms with Gasteiger partial charge in [0.15, 0.2) is 0 Å². The third kappa shape index (κ3) is 4.79. The number of benzene rings is 3. The van der Waals surface area contributed by atoms with Crippen LogP contribution >= 0.6 is 0 Å². The highest BCUT2D eigenvalue weighted by Crippen LogP contribution is 2.35. The molecular formula is C27H23F2N3O2. The van der Waals surface area contributed by atoms with Crippen molar-refractivity contribution in [2.24, 2.45) is 5.73 Å². The summed E-state index contributed by atoms with van der Waals surface area (Å²) in [6, 6.07) is 21.4. The van der Waals surface area contributed by atoms with E-state index in [1.165, 1.54) is 25.6 Å². The van der Waals surface area contributed by atoms with Gasteiger partial charge in [0.1, 0.15) is 17.4 Å². The Kier molecular flexibility index (Phi) is 6.94. The zero-order valence-corrected chi connectivity index (χ0v) is 18.4. The number of hydrogen-bond donors (Lipinski definition) is 2. The molecule has 34 heavy (non-hydrogen) atoms. The number of pyridine rings is 1. The van der Waals surface area contributed by atoms with Crippen molar-refractivity contribution in [2.45, 2.75) is 12.0 Å². The average molecular weight is 459 g/mol. The van der Waals surface area contributed by atoms with Gasteiger partial charge in [0.05, 0.1) is 24.9 Å². The van der Waals surface area contributed by atoms with Crippen LogP contribution in [-0.2, 0) is 4.79 Å². The number of aromatic nitrogens is 1. The second kappa shape index (κ2) is 10.2. The highest BCUT2D eigenvalue weighted by molar-refractivity contribution is 5.96. The molecule has 3 aromatic carbocycles. The molecule has 0 aliphatic carbocycles. The molecule has 7 heteroatoms. The quantitative estimate of drug-likeness (QED) is 0.402. The molecule has 1 aromatic heterocycles. The van der Waals surface area contributed by atoms with E-state index in [-0.39, 0.29) is 22.6 Å². The molecule has 0 radical (unpaired) electrons. The smallest absolute Gasteiger partial charge is 0.242 e. The maximum absolute atomic E-state index is 15.0. The third-order valence-corrected chi connectivity index (χ3v) is 5.56. The summed E-state index contributed by atoms with van der Waals surface area (Å²) >= 11 is 0. The summed E-state index contributed by atoms with van der Waals surface area (Å²) in [5.41, 5.74) is 8.01. The van der Waals surface area contributed by atoms with Crippen molar-refractivity contribution in [2.75, 3.05) is 12.4 Å². The van der Waals surface area contributed by atoms with E-state index in [1.807, 2.05) is 60.7 Å². The van der Waals surface area contributed by atoms with Crippen LogP contribution in [0.5, 0.6) is 5.75 Å². The van der Waals surface area contributed by atoms with E-state index in [1.54, 1.807) is 0 Å². The van der Waals surface area contributed by atoms with Crippen molar-refractivity contribution in [3.05, 3.63) is 114 Å². The Labute approximate surface area is 196 Å². The number of anilines is 1. The molecule has 1 heterocycles. The van der Waals surface area contributed by atoms with E-state index in [0.29, 0.717) is 0 Å². The molecule has 0 saturated heterocycles. The van der Waals surface area contributed by atoms with Gasteiger partial charge < -0.3 is 15.8 Å². The Morgan fingerprint density at radius 2 is 1.50 bits per heavy atom. The summed E-state index contributed by atoms with van der Waals surface area (Å²) in [5, 5.41) is 2.56. The monoisotopic (exact) mass is 459 g/mol. The molecule has 4 rings (SSSR count). The minimum atomic E-state index is -1.00. The number of carbonyl (C=O) groups is 1. The van der Waals surface area contributed by atoms with Crippen LogP contribution in [0, 0.1) is 11.6 Å². The molecule has 172 valence electrons. The van der Waals surface area contributed by atoms with Gasteiger partial charge in [-0.25, -0.2) is 8.78 Å². The van der Waals surface area contributed by atoms with Crippen LogP contribution in [0.15, 0.2) is 91.3 Å². The van der Waals surface area contributed by atoms with Crippen molar-refractivity contribution in [3.63, 3.8) is 0 Å². The standard InChI is InChI=1S/C27H23F2N3O2/c1-34-23-16-31-13-12-20(23)25-21(28)14-19(15-22(25)29)32-27(33)26(30)24(17-8-4-2-5-9-17)18-10-6-3-7-11-18/h2-16,24,26H,30H2,1H3,(H,32,33)/t26-/m0/s1. The second-order valence-electron chi connectivity index (χ2n) is 7.70. The van der Waals surface area contributed by atoms with Crippen LogP contribution < -0.4 is 15.8 Å². The number of halogens is 2. The summed E-state index contributed by atoms with van der Waals surface area (Å²) in [6.45, 7) is 0. The van der Waals surface area contributed by atoms with E-state index in [9.17, 15) is 13.6 Å². The molecule has 0 aliphatic rings. The summed E-state index contributed by atoms with van der Waals surface area (Å²) in [4.78, 5) is 17.0. The van der Waals surface area contributed by atoms with Crippen LogP contribution in [0.25, 0.3) is 11.1 Å². The van der Waals surface area contributed by atoms with Crippen LogP contribution in [0.3, 0.4) is 0 Å². The Hall–Kier alpha value is -4.10.